The minimum absolute atomic E-state index is 0.0177. The van der Waals surface area contributed by atoms with E-state index < -0.39 is 10.0 Å². The van der Waals surface area contributed by atoms with Crippen LogP contribution in [-0.2, 0) is 16.6 Å². The van der Waals surface area contributed by atoms with Crippen LogP contribution in [0.3, 0.4) is 0 Å². The summed E-state index contributed by atoms with van der Waals surface area (Å²) in [5, 5.41) is 5.73. The zero-order chi connectivity index (χ0) is 26.5. The predicted molar refractivity (Wildman–Crippen MR) is 145 cm³/mol. The fourth-order valence-corrected chi connectivity index (χ4v) is 4.48. The third-order valence-electron chi connectivity index (χ3n) is 6.13. The van der Waals surface area contributed by atoms with Crippen molar-refractivity contribution in [3.63, 3.8) is 0 Å². The molecule has 8 heteroatoms. The van der Waals surface area contributed by atoms with Gasteiger partial charge in [-0.05, 0) is 80.3 Å². The normalized spacial score (nSPS) is 12.0. The van der Waals surface area contributed by atoms with Crippen molar-refractivity contribution in [1.29, 1.82) is 0 Å². The van der Waals surface area contributed by atoms with Gasteiger partial charge in [-0.3, -0.25) is 13.9 Å². The second-order valence-corrected chi connectivity index (χ2v) is 10.9. The molecule has 1 atom stereocenters. The summed E-state index contributed by atoms with van der Waals surface area (Å²) >= 11 is 0. The minimum Gasteiger partial charge on any atom is -0.350 e. The van der Waals surface area contributed by atoms with Gasteiger partial charge in [-0.1, -0.05) is 37.3 Å². The molecule has 36 heavy (non-hydrogen) atoms. The smallest absolute Gasteiger partial charge is 0.255 e. The largest absolute Gasteiger partial charge is 0.350 e. The van der Waals surface area contributed by atoms with Gasteiger partial charge < -0.3 is 10.6 Å². The molecule has 0 heterocycles. The van der Waals surface area contributed by atoms with Crippen molar-refractivity contribution in [2.75, 3.05) is 15.9 Å². The van der Waals surface area contributed by atoms with Crippen molar-refractivity contribution >= 4 is 33.2 Å². The molecule has 0 aromatic heterocycles. The van der Waals surface area contributed by atoms with Gasteiger partial charge in [-0.15, -0.1) is 0 Å². The Labute approximate surface area is 213 Å². The van der Waals surface area contributed by atoms with Gasteiger partial charge in [-0.2, -0.15) is 0 Å². The molecular weight excluding hydrogens is 474 g/mol. The molecule has 0 saturated carbocycles. The van der Waals surface area contributed by atoms with Crippen LogP contribution in [0.4, 0.5) is 11.4 Å². The Bertz CT molecular complexity index is 1350. The molecule has 0 radical (unpaired) electrons. The molecule has 0 aliphatic heterocycles. The first kappa shape index (κ1) is 26.9. The highest BCUT2D eigenvalue weighted by Gasteiger charge is 2.19. The van der Waals surface area contributed by atoms with E-state index in [4.69, 9.17) is 0 Å². The van der Waals surface area contributed by atoms with Gasteiger partial charge in [0.25, 0.3) is 11.8 Å². The highest BCUT2D eigenvalue weighted by molar-refractivity contribution is 7.92. The van der Waals surface area contributed by atoms with E-state index in [0.29, 0.717) is 22.5 Å². The lowest BCUT2D eigenvalue weighted by atomic mass is 10.1. The molecule has 0 aliphatic rings. The number of carbonyl (C=O) groups excluding carboxylic acids is 2. The van der Waals surface area contributed by atoms with Gasteiger partial charge in [-0.25, -0.2) is 8.42 Å². The quantitative estimate of drug-likeness (QED) is 0.424. The third-order valence-corrected chi connectivity index (χ3v) is 7.27. The first-order valence-corrected chi connectivity index (χ1v) is 13.7. The molecule has 0 unspecified atom stereocenters. The monoisotopic (exact) mass is 507 g/mol. The van der Waals surface area contributed by atoms with Crippen LogP contribution in [0.1, 0.15) is 57.7 Å². The Balaban J connectivity index is 1.77. The van der Waals surface area contributed by atoms with Crippen LogP contribution >= 0.6 is 0 Å². The van der Waals surface area contributed by atoms with Crippen LogP contribution in [0.5, 0.6) is 0 Å². The van der Waals surface area contributed by atoms with E-state index in [1.165, 1.54) is 10.6 Å². The summed E-state index contributed by atoms with van der Waals surface area (Å²) in [6, 6.07) is 19.2. The van der Waals surface area contributed by atoms with E-state index in [9.17, 15) is 18.0 Å². The standard InChI is InChI=1S/C28H33N3O4S/c1-6-21(4)29-28(33)25-9-7-8-10-26(25)30-27(32)23-14-12-22(13-15-23)18-31(36(5,34)35)24-16-11-19(2)20(3)17-24/h7-17,21H,6,18H2,1-5H3,(H,29,33)(H,30,32)/t21-/m0/s1. The van der Waals surface area contributed by atoms with Gasteiger partial charge in [0.15, 0.2) is 0 Å². The SMILES string of the molecule is CC[C@H](C)NC(=O)c1ccccc1NC(=O)c1ccc(CN(c2ccc(C)c(C)c2)S(C)(=O)=O)cc1. The van der Waals surface area contributed by atoms with Gasteiger partial charge in [0.1, 0.15) is 0 Å². The number of aryl methyl sites for hydroxylation is 2. The van der Waals surface area contributed by atoms with Crippen molar-refractivity contribution in [2.24, 2.45) is 0 Å². The van der Waals surface area contributed by atoms with Crippen molar-refractivity contribution in [1.82, 2.24) is 5.32 Å². The van der Waals surface area contributed by atoms with Gasteiger partial charge in [0.2, 0.25) is 10.0 Å². The second-order valence-electron chi connectivity index (χ2n) is 9.02. The highest BCUT2D eigenvalue weighted by atomic mass is 32.2. The molecule has 0 bridgehead atoms. The van der Waals surface area contributed by atoms with Crippen molar-refractivity contribution in [3.8, 4) is 0 Å². The number of anilines is 2. The minimum atomic E-state index is -3.52. The first-order chi connectivity index (χ1) is 17.0. The topological polar surface area (TPSA) is 95.6 Å². The molecule has 0 fully saturated rings. The van der Waals surface area contributed by atoms with Crippen molar-refractivity contribution < 1.29 is 18.0 Å². The summed E-state index contributed by atoms with van der Waals surface area (Å²) in [4.78, 5) is 25.5. The Kier molecular flexibility index (Phi) is 8.53. The molecule has 3 aromatic rings. The Morgan fingerprint density at radius 3 is 2.19 bits per heavy atom. The molecule has 3 rings (SSSR count). The zero-order valence-electron chi connectivity index (χ0n) is 21.3. The number of rotatable bonds is 9. The number of hydrogen-bond donors (Lipinski definition) is 2. The Morgan fingerprint density at radius 1 is 0.917 bits per heavy atom. The van der Waals surface area contributed by atoms with E-state index in [2.05, 4.69) is 10.6 Å². The van der Waals surface area contributed by atoms with Crippen LogP contribution in [0, 0.1) is 13.8 Å². The number of amides is 2. The molecular formula is C28H33N3O4S. The summed E-state index contributed by atoms with van der Waals surface area (Å²) in [6.45, 7) is 7.97. The molecule has 2 amide bonds. The number of benzene rings is 3. The van der Waals surface area contributed by atoms with Crippen LogP contribution in [-0.4, -0.2) is 32.5 Å². The Morgan fingerprint density at radius 2 is 1.58 bits per heavy atom. The molecule has 190 valence electrons. The molecule has 0 saturated heterocycles. The lowest BCUT2D eigenvalue weighted by molar-refractivity contribution is 0.0940. The summed E-state index contributed by atoms with van der Waals surface area (Å²) < 4.78 is 26.4. The van der Waals surface area contributed by atoms with Crippen LogP contribution in [0.25, 0.3) is 0 Å². The summed E-state index contributed by atoms with van der Waals surface area (Å²) in [6.07, 6.45) is 1.98. The van der Waals surface area contributed by atoms with Gasteiger partial charge in [0.05, 0.1) is 29.7 Å². The molecule has 0 spiro atoms. The maximum absolute atomic E-state index is 12.9. The summed E-state index contributed by atoms with van der Waals surface area (Å²) in [5.41, 5.74) is 4.63. The van der Waals surface area contributed by atoms with E-state index >= 15 is 0 Å². The second kappa shape index (κ2) is 11.4. The fraction of sp³-hybridized carbons (Fsp3) is 0.286. The summed E-state index contributed by atoms with van der Waals surface area (Å²) in [7, 11) is -3.52. The number of nitrogens with one attached hydrogen (secondary N) is 2. The first-order valence-electron chi connectivity index (χ1n) is 11.8. The zero-order valence-corrected chi connectivity index (χ0v) is 22.1. The van der Waals surface area contributed by atoms with E-state index in [-0.39, 0.29) is 24.4 Å². The number of nitrogens with zero attached hydrogens (tertiary/aromatic N) is 1. The third kappa shape index (κ3) is 6.73. The predicted octanol–water partition coefficient (Wildman–Crippen LogP) is 5.05. The average Bonchev–Trinajstić information content (AvgIpc) is 2.84. The fourth-order valence-electron chi connectivity index (χ4n) is 3.60. The number of carbonyl (C=O) groups is 2. The van der Waals surface area contributed by atoms with Crippen LogP contribution in [0.15, 0.2) is 66.7 Å². The van der Waals surface area contributed by atoms with Crippen molar-refractivity contribution in [3.05, 3.63) is 94.5 Å². The maximum atomic E-state index is 12.9. The maximum Gasteiger partial charge on any atom is 0.255 e. The average molecular weight is 508 g/mol. The van der Waals surface area contributed by atoms with Crippen LogP contribution in [0.2, 0.25) is 0 Å². The Hall–Kier alpha value is -3.65. The van der Waals surface area contributed by atoms with Gasteiger partial charge in [0, 0.05) is 11.6 Å². The lowest BCUT2D eigenvalue weighted by Gasteiger charge is -2.23. The molecule has 7 nitrogen and oxygen atoms in total. The lowest BCUT2D eigenvalue weighted by Crippen LogP contribution is -2.32. The van der Waals surface area contributed by atoms with Crippen molar-refractivity contribution in [2.45, 2.75) is 46.7 Å². The highest BCUT2D eigenvalue weighted by Crippen LogP contribution is 2.24. The molecule has 0 aliphatic carbocycles. The number of sulfonamides is 1. The van der Waals surface area contributed by atoms with Gasteiger partial charge >= 0.3 is 0 Å². The molecule has 2 N–H and O–H groups in total. The van der Waals surface area contributed by atoms with Crippen LogP contribution < -0.4 is 14.9 Å². The summed E-state index contributed by atoms with van der Waals surface area (Å²) in [5.74, 6) is -0.609. The van der Waals surface area contributed by atoms with E-state index in [0.717, 1.165) is 23.1 Å². The van der Waals surface area contributed by atoms with E-state index in [1.807, 2.05) is 39.8 Å². The number of para-hydroxylation sites is 1. The molecule has 3 aromatic carbocycles. The number of hydrogen-bond acceptors (Lipinski definition) is 4. The van der Waals surface area contributed by atoms with E-state index in [1.54, 1.807) is 54.6 Å².